The Morgan fingerprint density at radius 1 is 1.57 bits per heavy atom. The van der Waals surface area contributed by atoms with Crippen LogP contribution in [0.1, 0.15) is 26.2 Å². The van der Waals surface area contributed by atoms with Gasteiger partial charge in [0.2, 0.25) is 0 Å². The molecule has 5 nitrogen and oxygen atoms in total. The third-order valence-electron chi connectivity index (χ3n) is 3.42. The fourth-order valence-corrected chi connectivity index (χ4v) is 2.14. The van der Waals surface area contributed by atoms with Gasteiger partial charge in [0.25, 0.3) is 5.91 Å². The molecule has 1 aliphatic heterocycles. The standard InChI is InChI=1S/C15H21FN2O3/c1-10(21-9-12-4-2-3-7-20-12)15(19)18-14-8-11(17)5-6-13(14)16/h5-6,8,10,12H,2-4,7,9,17H2,1H3,(H,18,19). The summed E-state index contributed by atoms with van der Waals surface area (Å²) in [5.41, 5.74) is 6.01. The number of ether oxygens (including phenoxy) is 2. The molecule has 2 atom stereocenters. The van der Waals surface area contributed by atoms with Crippen LogP contribution in [-0.2, 0) is 14.3 Å². The fraction of sp³-hybridized carbons (Fsp3) is 0.533. The molecule has 0 aliphatic carbocycles. The Morgan fingerprint density at radius 2 is 2.38 bits per heavy atom. The van der Waals surface area contributed by atoms with E-state index in [9.17, 15) is 9.18 Å². The van der Waals surface area contributed by atoms with E-state index in [1.165, 1.54) is 18.2 Å². The van der Waals surface area contributed by atoms with Gasteiger partial charge in [0.15, 0.2) is 0 Å². The van der Waals surface area contributed by atoms with Gasteiger partial charge in [0.1, 0.15) is 11.9 Å². The smallest absolute Gasteiger partial charge is 0.253 e. The first-order chi connectivity index (χ1) is 10.1. The van der Waals surface area contributed by atoms with Crippen molar-refractivity contribution in [2.45, 2.75) is 38.4 Å². The summed E-state index contributed by atoms with van der Waals surface area (Å²) >= 11 is 0. The molecule has 116 valence electrons. The lowest BCUT2D eigenvalue weighted by Crippen LogP contribution is -2.32. The molecular weight excluding hydrogens is 275 g/mol. The summed E-state index contributed by atoms with van der Waals surface area (Å²) in [6.07, 6.45) is 2.48. The highest BCUT2D eigenvalue weighted by Crippen LogP contribution is 2.18. The summed E-state index contributed by atoms with van der Waals surface area (Å²) < 4.78 is 24.6. The molecule has 1 fully saturated rings. The van der Waals surface area contributed by atoms with Crippen molar-refractivity contribution in [3.8, 4) is 0 Å². The Hall–Kier alpha value is -1.66. The van der Waals surface area contributed by atoms with Gasteiger partial charge in [-0.3, -0.25) is 4.79 Å². The van der Waals surface area contributed by atoms with E-state index in [2.05, 4.69) is 5.32 Å². The average Bonchev–Trinajstić information content (AvgIpc) is 2.49. The number of anilines is 2. The summed E-state index contributed by atoms with van der Waals surface area (Å²) in [4.78, 5) is 12.0. The number of halogens is 1. The number of nitrogens with two attached hydrogens (primary N) is 1. The van der Waals surface area contributed by atoms with Crippen LogP contribution in [0.5, 0.6) is 0 Å². The maximum atomic E-state index is 13.5. The number of benzene rings is 1. The van der Waals surface area contributed by atoms with Crippen molar-refractivity contribution < 1.29 is 18.7 Å². The zero-order valence-corrected chi connectivity index (χ0v) is 12.1. The van der Waals surface area contributed by atoms with Gasteiger partial charge in [0.05, 0.1) is 18.4 Å². The highest BCUT2D eigenvalue weighted by atomic mass is 19.1. The number of carbonyl (C=O) groups is 1. The number of rotatable bonds is 5. The largest absolute Gasteiger partial charge is 0.399 e. The second kappa shape index (κ2) is 7.38. The summed E-state index contributed by atoms with van der Waals surface area (Å²) in [5.74, 6) is -0.935. The van der Waals surface area contributed by atoms with Crippen LogP contribution in [-0.4, -0.2) is 31.3 Å². The first-order valence-electron chi connectivity index (χ1n) is 7.15. The summed E-state index contributed by atoms with van der Waals surface area (Å²) in [6, 6.07) is 4.03. The zero-order chi connectivity index (χ0) is 15.2. The zero-order valence-electron chi connectivity index (χ0n) is 12.1. The van der Waals surface area contributed by atoms with Crippen LogP contribution in [0.4, 0.5) is 15.8 Å². The van der Waals surface area contributed by atoms with Crippen LogP contribution >= 0.6 is 0 Å². The van der Waals surface area contributed by atoms with Crippen molar-refractivity contribution in [3.63, 3.8) is 0 Å². The molecule has 1 saturated heterocycles. The number of nitrogen functional groups attached to an aromatic ring is 1. The van der Waals surface area contributed by atoms with E-state index in [1.807, 2.05) is 0 Å². The van der Waals surface area contributed by atoms with Gasteiger partial charge in [0, 0.05) is 12.3 Å². The normalized spacial score (nSPS) is 20.0. The van der Waals surface area contributed by atoms with Crippen LogP contribution in [0.2, 0.25) is 0 Å². The minimum atomic E-state index is -0.684. The fourth-order valence-electron chi connectivity index (χ4n) is 2.14. The molecule has 1 aromatic rings. The highest BCUT2D eigenvalue weighted by Gasteiger charge is 2.19. The molecule has 21 heavy (non-hydrogen) atoms. The van der Waals surface area contributed by atoms with Crippen molar-refractivity contribution in [2.24, 2.45) is 0 Å². The molecule has 0 radical (unpaired) electrons. The van der Waals surface area contributed by atoms with Gasteiger partial charge in [-0.2, -0.15) is 0 Å². The maximum Gasteiger partial charge on any atom is 0.253 e. The van der Waals surface area contributed by atoms with Gasteiger partial charge in [-0.1, -0.05) is 0 Å². The summed E-state index contributed by atoms with van der Waals surface area (Å²) in [7, 11) is 0. The van der Waals surface area contributed by atoms with E-state index >= 15 is 0 Å². The Labute approximate surface area is 123 Å². The molecule has 0 spiro atoms. The quantitative estimate of drug-likeness (QED) is 0.818. The Balaban J connectivity index is 1.82. The summed E-state index contributed by atoms with van der Waals surface area (Å²) in [6.45, 7) is 2.74. The molecule has 1 heterocycles. The van der Waals surface area contributed by atoms with Crippen LogP contribution in [0.3, 0.4) is 0 Å². The number of hydrogen-bond acceptors (Lipinski definition) is 4. The van der Waals surface area contributed by atoms with E-state index in [0.717, 1.165) is 25.9 Å². The molecule has 2 rings (SSSR count). The van der Waals surface area contributed by atoms with Gasteiger partial charge in [-0.05, 0) is 44.4 Å². The van der Waals surface area contributed by atoms with Gasteiger partial charge >= 0.3 is 0 Å². The third-order valence-corrected chi connectivity index (χ3v) is 3.42. The van der Waals surface area contributed by atoms with Crippen LogP contribution in [0.25, 0.3) is 0 Å². The molecule has 3 N–H and O–H groups in total. The third kappa shape index (κ3) is 4.68. The topological polar surface area (TPSA) is 73.6 Å². The Bertz CT molecular complexity index is 490. The molecule has 1 amide bonds. The van der Waals surface area contributed by atoms with Gasteiger partial charge in [-0.25, -0.2) is 4.39 Å². The maximum absolute atomic E-state index is 13.5. The van der Waals surface area contributed by atoms with Crippen molar-refractivity contribution in [2.75, 3.05) is 24.3 Å². The lowest BCUT2D eigenvalue weighted by Gasteiger charge is -2.24. The van der Waals surface area contributed by atoms with Crippen LogP contribution < -0.4 is 11.1 Å². The Morgan fingerprint density at radius 3 is 3.10 bits per heavy atom. The minimum Gasteiger partial charge on any atom is -0.399 e. The van der Waals surface area contributed by atoms with E-state index in [1.54, 1.807) is 6.92 Å². The molecule has 1 aliphatic rings. The first kappa shape index (κ1) is 15.7. The second-order valence-corrected chi connectivity index (χ2v) is 5.19. The predicted octanol–water partition coefficient (Wildman–Crippen LogP) is 2.32. The van der Waals surface area contributed by atoms with Crippen molar-refractivity contribution in [1.29, 1.82) is 0 Å². The lowest BCUT2D eigenvalue weighted by molar-refractivity contribution is -0.130. The van der Waals surface area contributed by atoms with Crippen molar-refractivity contribution in [3.05, 3.63) is 24.0 Å². The molecular formula is C15H21FN2O3. The SMILES string of the molecule is CC(OCC1CCCCO1)C(=O)Nc1cc(N)ccc1F. The number of nitrogens with one attached hydrogen (secondary N) is 1. The molecule has 0 aromatic heterocycles. The molecule has 6 heteroatoms. The van der Waals surface area contributed by atoms with Gasteiger partial charge < -0.3 is 20.5 Å². The van der Waals surface area contributed by atoms with E-state index in [0.29, 0.717) is 12.3 Å². The molecule has 1 aromatic carbocycles. The Kier molecular flexibility index (Phi) is 5.52. The first-order valence-corrected chi connectivity index (χ1v) is 7.15. The van der Waals surface area contributed by atoms with Crippen molar-refractivity contribution >= 4 is 17.3 Å². The highest BCUT2D eigenvalue weighted by molar-refractivity contribution is 5.94. The van der Waals surface area contributed by atoms with E-state index in [-0.39, 0.29) is 11.8 Å². The lowest BCUT2D eigenvalue weighted by atomic mass is 10.1. The monoisotopic (exact) mass is 296 g/mol. The number of hydrogen-bond donors (Lipinski definition) is 2. The van der Waals surface area contributed by atoms with Crippen LogP contribution in [0.15, 0.2) is 18.2 Å². The van der Waals surface area contributed by atoms with Crippen LogP contribution in [0, 0.1) is 5.82 Å². The van der Waals surface area contributed by atoms with E-state index in [4.69, 9.17) is 15.2 Å². The number of amides is 1. The molecule has 0 saturated carbocycles. The van der Waals surface area contributed by atoms with E-state index < -0.39 is 17.8 Å². The second-order valence-electron chi connectivity index (χ2n) is 5.19. The number of carbonyl (C=O) groups excluding carboxylic acids is 1. The summed E-state index contributed by atoms with van der Waals surface area (Å²) in [5, 5.41) is 2.48. The average molecular weight is 296 g/mol. The van der Waals surface area contributed by atoms with Crippen molar-refractivity contribution in [1.82, 2.24) is 0 Å². The minimum absolute atomic E-state index is 0.0399. The predicted molar refractivity (Wildman–Crippen MR) is 78.4 cm³/mol. The van der Waals surface area contributed by atoms with Gasteiger partial charge in [-0.15, -0.1) is 0 Å². The molecule has 2 unspecified atom stereocenters. The molecule has 0 bridgehead atoms.